The molecule has 0 spiro atoms. The summed E-state index contributed by atoms with van der Waals surface area (Å²) in [6.45, 7) is 0.158. The van der Waals surface area contributed by atoms with Gasteiger partial charge < -0.3 is 9.80 Å². The molecule has 0 aromatic heterocycles. The molecular weight excluding hydrogens is 379 g/mol. The molecule has 0 N–H and O–H groups in total. The first kappa shape index (κ1) is 21.3. The highest BCUT2D eigenvalue weighted by molar-refractivity contribution is 5.96. The van der Waals surface area contributed by atoms with Crippen LogP contribution in [-0.2, 0) is 9.59 Å². The van der Waals surface area contributed by atoms with Crippen molar-refractivity contribution < 1.29 is 14.0 Å². The highest BCUT2D eigenvalue weighted by atomic mass is 19.1. The molecule has 2 saturated carbocycles. The molecule has 3 fully saturated rings. The van der Waals surface area contributed by atoms with Crippen molar-refractivity contribution in [2.45, 2.75) is 102 Å². The fraction of sp³-hybridized carbons (Fsp3) is 0.680. The third-order valence-electron chi connectivity index (χ3n) is 7.32. The molecule has 0 unspecified atom stereocenters. The van der Waals surface area contributed by atoms with Gasteiger partial charge in [0.25, 0.3) is 5.91 Å². The normalized spacial score (nSPS) is 25.7. The Balaban J connectivity index is 1.67. The van der Waals surface area contributed by atoms with Crippen LogP contribution in [0.25, 0.3) is 0 Å². The van der Waals surface area contributed by atoms with Crippen molar-refractivity contribution in [1.29, 1.82) is 0 Å². The third-order valence-corrected chi connectivity index (χ3v) is 7.32. The zero-order valence-corrected chi connectivity index (χ0v) is 18.0. The molecule has 30 heavy (non-hydrogen) atoms. The fourth-order valence-corrected chi connectivity index (χ4v) is 5.71. The van der Waals surface area contributed by atoms with Gasteiger partial charge in [-0.2, -0.15) is 0 Å². The first-order chi connectivity index (χ1) is 14.7. The van der Waals surface area contributed by atoms with Crippen LogP contribution in [-0.4, -0.2) is 40.2 Å². The minimum absolute atomic E-state index is 0.00215. The molecule has 1 aromatic carbocycles. The zero-order chi connectivity index (χ0) is 20.9. The van der Waals surface area contributed by atoms with E-state index in [1.165, 1.54) is 38.2 Å². The number of carbonyl (C=O) groups excluding carboxylic acids is 2. The van der Waals surface area contributed by atoms with Crippen molar-refractivity contribution in [3.63, 3.8) is 0 Å². The molecule has 0 bridgehead atoms. The molecule has 1 aromatic rings. The minimum Gasteiger partial charge on any atom is -0.328 e. The summed E-state index contributed by atoms with van der Waals surface area (Å²) < 4.78 is 14.9. The second kappa shape index (κ2) is 9.93. The van der Waals surface area contributed by atoms with Gasteiger partial charge in [0.2, 0.25) is 5.91 Å². The summed E-state index contributed by atoms with van der Waals surface area (Å²) in [6, 6.07) is 5.85. The van der Waals surface area contributed by atoms with Gasteiger partial charge in [0, 0.05) is 17.6 Å². The Labute approximate surface area is 179 Å². The SMILES string of the molecule is O=C1[C@H](c2ccccc2F)N(C2CCCCCCC2)C(=O)CN1C1CCCCCC1. The minimum atomic E-state index is -0.819. The van der Waals surface area contributed by atoms with E-state index < -0.39 is 6.04 Å². The monoisotopic (exact) mass is 414 g/mol. The quantitative estimate of drug-likeness (QED) is 0.624. The van der Waals surface area contributed by atoms with Gasteiger partial charge in [0.15, 0.2) is 0 Å². The molecule has 1 saturated heterocycles. The van der Waals surface area contributed by atoms with Crippen LogP contribution < -0.4 is 0 Å². The van der Waals surface area contributed by atoms with E-state index in [2.05, 4.69) is 0 Å². The molecule has 164 valence electrons. The van der Waals surface area contributed by atoms with E-state index in [4.69, 9.17) is 0 Å². The Kier molecular flexibility index (Phi) is 7.06. The lowest BCUT2D eigenvalue weighted by molar-refractivity contribution is -0.162. The van der Waals surface area contributed by atoms with Crippen molar-refractivity contribution >= 4 is 11.8 Å². The Morgan fingerprint density at radius 2 is 1.27 bits per heavy atom. The van der Waals surface area contributed by atoms with E-state index in [1.54, 1.807) is 28.0 Å². The van der Waals surface area contributed by atoms with Gasteiger partial charge in [-0.05, 0) is 31.7 Å². The lowest BCUT2D eigenvalue weighted by atomic mass is 9.90. The van der Waals surface area contributed by atoms with E-state index in [0.717, 1.165) is 51.4 Å². The molecule has 2 amide bonds. The van der Waals surface area contributed by atoms with Gasteiger partial charge in [-0.3, -0.25) is 9.59 Å². The van der Waals surface area contributed by atoms with Crippen molar-refractivity contribution in [3.05, 3.63) is 35.6 Å². The summed E-state index contributed by atoms with van der Waals surface area (Å²) in [5.74, 6) is -0.464. The number of piperazine rings is 1. The summed E-state index contributed by atoms with van der Waals surface area (Å²) >= 11 is 0. The maximum atomic E-state index is 14.9. The summed E-state index contributed by atoms with van der Waals surface area (Å²) in [6.07, 6.45) is 14.0. The molecule has 5 heteroatoms. The van der Waals surface area contributed by atoms with Gasteiger partial charge in [-0.15, -0.1) is 0 Å². The van der Waals surface area contributed by atoms with Crippen LogP contribution in [0.4, 0.5) is 4.39 Å². The fourth-order valence-electron chi connectivity index (χ4n) is 5.71. The number of amides is 2. The number of carbonyl (C=O) groups is 2. The van der Waals surface area contributed by atoms with Crippen molar-refractivity contribution in [1.82, 2.24) is 9.80 Å². The first-order valence-electron chi connectivity index (χ1n) is 12.0. The van der Waals surface area contributed by atoms with Crippen LogP contribution in [0.5, 0.6) is 0 Å². The number of benzene rings is 1. The smallest absolute Gasteiger partial charge is 0.250 e. The van der Waals surface area contributed by atoms with E-state index in [1.807, 2.05) is 0 Å². The second-order valence-corrected chi connectivity index (χ2v) is 9.34. The Morgan fingerprint density at radius 1 is 0.733 bits per heavy atom. The van der Waals surface area contributed by atoms with Crippen LogP contribution >= 0.6 is 0 Å². The Bertz CT molecular complexity index is 736. The summed E-state index contributed by atoms with van der Waals surface area (Å²) in [4.78, 5) is 30.9. The lowest BCUT2D eigenvalue weighted by Gasteiger charge is -2.47. The number of halogens is 1. The highest BCUT2D eigenvalue weighted by Crippen LogP contribution is 2.37. The molecule has 1 aliphatic heterocycles. The zero-order valence-electron chi connectivity index (χ0n) is 18.0. The average Bonchev–Trinajstić information content (AvgIpc) is 3.00. The Hall–Kier alpha value is -1.91. The van der Waals surface area contributed by atoms with Gasteiger partial charge in [0.1, 0.15) is 18.4 Å². The van der Waals surface area contributed by atoms with Gasteiger partial charge in [0.05, 0.1) is 0 Å². The highest BCUT2D eigenvalue weighted by Gasteiger charge is 2.46. The molecule has 1 heterocycles. The third kappa shape index (κ3) is 4.55. The van der Waals surface area contributed by atoms with E-state index in [9.17, 15) is 14.0 Å². The van der Waals surface area contributed by atoms with Crippen molar-refractivity contribution in [2.24, 2.45) is 0 Å². The standard InChI is InChI=1S/C25H35FN2O2/c26-22-17-11-10-16-21(22)24-25(30)27(19-12-6-4-5-7-13-19)18-23(29)28(24)20-14-8-2-1-3-9-15-20/h10-11,16-17,19-20,24H,1-9,12-15,18H2/t24-/m0/s1. The average molecular weight is 415 g/mol. The van der Waals surface area contributed by atoms with Crippen LogP contribution in [0.2, 0.25) is 0 Å². The number of nitrogens with zero attached hydrogens (tertiary/aromatic N) is 2. The molecule has 4 nitrogen and oxygen atoms in total. The summed E-state index contributed by atoms with van der Waals surface area (Å²) in [5, 5.41) is 0. The maximum Gasteiger partial charge on any atom is 0.250 e. The van der Waals surface area contributed by atoms with E-state index in [0.29, 0.717) is 5.56 Å². The topological polar surface area (TPSA) is 40.6 Å². The van der Waals surface area contributed by atoms with Crippen molar-refractivity contribution in [3.8, 4) is 0 Å². The molecule has 3 aliphatic rings. The number of hydrogen-bond donors (Lipinski definition) is 0. The maximum absolute atomic E-state index is 14.9. The number of hydrogen-bond acceptors (Lipinski definition) is 2. The van der Waals surface area contributed by atoms with E-state index >= 15 is 0 Å². The van der Waals surface area contributed by atoms with Crippen LogP contribution in [0.15, 0.2) is 24.3 Å². The Morgan fingerprint density at radius 3 is 1.87 bits per heavy atom. The molecule has 0 radical (unpaired) electrons. The van der Waals surface area contributed by atoms with Crippen molar-refractivity contribution in [2.75, 3.05) is 6.54 Å². The van der Waals surface area contributed by atoms with Gasteiger partial charge in [-0.1, -0.05) is 76.0 Å². The molecule has 1 atom stereocenters. The number of rotatable bonds is 3. The van der Waals surface area contributed by atoms with E-state index in [-0.39, 0.29) is 36.3 Å². The second-order valence-electron chi connectivity index (χ2n) is 9.34. The predicted molar refractivity (Wildman–Crippen MR) is 115 cm³/mol. The van der Waals surface area contributed by atoms with Crippen LogP contribution in [0.1, 0.15) is 95.1 Å². The summed E-state index contributed by atoms with van der Waals surface area (Å²) in [7, 11) is 0. The molecule has 2 aliphatic carbocycles. The molecular formula is C25H35FN2O2. The first-order valence-corrected chi connectivity index (χ1v) is 12.0. The molecule has 4 rings (SSSR count). The summed E-state index contributed by atoms with van der Waals surface area (Å²) in [5.41, 5.74) is 0.358. The van der Waals surface area contributed by atoms with Gasteiger partial charge >= 0.3 is 0 Å². The largest absolute Gasteiger partial charge is 0.328 e. The predicted octanol–water partition coefficient (Wildman–Crippen LogP) is 5.37. The van der Waals surface area contributed by atoms with Crippen LogP contribution in [0, 0.1) is 5.82 Å². The lowest BCUT2D eigenvalue weighted by Crippen LogP contribution is -2.60. The van der Waals surface area contributed by atoms with Gasteiger partial charge in [-0.25, -0.2) is 4.39 Å². The van der Waals surface area contributed by atoms with Crippen LogP contribution in [0.3, 0.4) is 0 Å².